The molecule has 150 valence electrons. The van der Waals surface area contributed by atoms with Gasteiger partial charge in [-0.25, -0.2) is 0 Å². The van der Waals surface area contributed by atoms with Gasteiger partial charge in [0.25, 0.3) is 0 Å². The zero-order valence-corrected chi connectivity index (χ0v) is 16.7. The van der Waals surface area contributed by atoms with Crippen molar-refractivity contribution in [1.82, 2.24) is 15.3 Å². The van der Waals surface area contributed by atoms with E-state index in [2.05, 4.69) is 34.7 Å². The number of nitrogens with one attached hydrogen (secondary N) is 1. The van der Waals surface area contributed by atoms with E-state index in [0.717, 1.165) is 41.2 Å². The van der Waals surface area contributed by atoms with Gasteiger partial charge in [-0.2, -0.15) is 5.01 Å². The maximum atomic E-state index is 11.9. The average Bonchev–Trinajstić information content (AvgIpc) is 3.21. The van der Waals surface area contributed by atoms with E-state index >= 15 is 0 Å². The number of para-hydroxylation sites is 1. The summed E-state index contributed by atoms with van der Waals surface area (Å²) in [6, 6.07) is 16.4. The summed E-state index contributed by atoms with van der Waals surface area (Å²) in [6.45, 7) is 2.97. The minimum atomic E-state index is -0.536. The third-order valence-corrected chi connectivity index (χ3v) is 6.20. The molecule has 1 spiro atoms. The van der Waals surface area contributed by atoms with E-state index in [4.69, 9.17) is 9.47 Å². The van der Waals surface area contributed by atoms with Crippen molar-refractivity contribution in [2.24, 2.45) is 0 Å². The number of piperidine rings is 1. The fraction of sp³-hybridized carbons (Fsp3) is 0.348. The molecule has 1 fully saturated rings. The van der Waals surface area contributed by atoms with Crippen molar-refractivity contribution in [2.45, 2.75) is 31.5 Å². The van der Waals surface area contributed by atoms with Crippen molar-refractivity contribution in [3.8, 4) is 11.5 Å². The fourth-order valence-electron chi connectivity index (χ4n) is 4.62. The van der Waals surface area contributed by atoms with Crippen LogP contribution in [0, 0.1) is 0 Å². The number of hydrogen-bond donors (Lipinski definition) is 1. The van der Waals surface area contributed by atoms with E-state index in [1.165, 1.54) is 0 Å². The van der Waals surface area contributed by atoms with Gasteiger partial charge in [-0.1, -0.05) is 42.5 Å². The molecule has 0 saturated carbocycles. The third-order valence-electron chi connectivity index (χ3n) is 6.20. The van der Waals surface area contributed by atoms with E-state index in [0.29, 0.717) is 13.1 Å². The van der Waals surface area contributed by atoms with Crippen LogP contribution in [0.15, 0.2) is 54.6 Å². The number of amides is 1. The minimum Gasteiger partial charge on any atom is -0.493 e. The summed E-state index contributed by atoms with van der Waals surface area (Å²) in [7, 11) is 1.68. The van der Waals surface area contributed by atoms with E-state index in [1.54, 1.807) is 14.0 Å². The Morgan fingerprint density at radius 2 is 1.90 bits per heavy atom. The van der Waals surface area contributed by atoms with Crippen LogP contribution in [0.3, 0.4) is 0 Å². The maximum Gasteiger partial charge on any atom is 0.219 e. The molecular formula is C23H25N3O3. The van der Waals surface area contributed by atoms with Crippen molar-refractivity contribution in [1.29, 1.82) is 0 Å². The summed E-state index contributed by atoms with van der Waals surface area (Å²) in [5.74, 6) is 1.67. The van der Waals surface area contributed by atoms with Gasteiger partial charge in [0, 0.05) is 38.4 Å². The molecule has 0 radical (unpaired) electrons. The Bertz CT molecular complexity index is 965. The number of likely N-dealkylation sites (tertiary alicyclic amines) is 1. The van der Waals surface area contributed by atoms with Crippen molar-refractivity contribution in [3.63, 3.8) is 0 Å². The van der Waals surface area contributed by atoms with Crippen LogP contribution in [0.2, 0.25) is 0 Å². The van der Waals surface area contributed by atoms with Crippen molar-refractivity contribution < 1.29 is 14.3 Å². The molecule has 1 saturated heterocycles. The SMILES string of the molecule is COc1cccc2c1OC1(CCN(C(C)=O)CC1)N1NC(c3ccccc3)=CC21. The Balaban J connectivity index is 1.57. The quantitative estimate of drug-likeness (QED) is 0.851. The summed E-state index contributed by atoms with van der Waals surface area (Å²) in [4.78, 5) is 13.8. The van der Waals surface area contributed by atoms with Crippen LogP contribution in [0.25, 0.3) is 5.70 Å². The average molecular weight is 391 g/mol. The van der Waals surface area contributed by atoms with Crippen LogP contribution in [0.5, 0.6) is 11.5 Å². The van der Waals surface area contributed by atoms with Crippen LogP contribution in [0.4, 0.5) is 0 Å². The molecule has 3 aliphatic rings. The zero-order valence-electron chi connectivity index (χ0n) is 16.7. The minimum absolute atomic E-state index is 0.0351. The molecule has 3 aliphatic heterocycles. The molecule has 3 heterocycles. The molecule has 0 aliphatic carbocycles. The lowest BCUT2D eigenvalue weighted by Crippen LogP contribution is -2.64. The summed E-state index contributed by atoms with van der Waals surface area (Å²) >= 11 is 0. The first-order valence-corrected chi connectivity index (χ1v) is 10.1. The van der Waals surface area contributed by atoms with Gasteiger partial charge in [0.2, 0.25) is 5.91 Å². The molecule has 0 bridgehead atoms. The topological polar surface area (TPSA) is 54.0 Å². The zero-order chi connectivity index (χ0) is 20.0. The molecule has 5 rings (SSSR count). The first kappa shape index (κ1) is 18.1. The van der Waals surface area contributed by atoms with E-state index < -0.39 is 5.72 Å². The number of fused-ring (bicyclic) bond motifs is 4. The molecule has 0 aromatic heterocycles. The van der Waals surface area contributed by atoms with Gasteiger partial charge in [0.1, 0.15) is 0 Å². The highest BCUT2D eigenvalue weighted by Gasteiger charge is 2.52. The molecule has 1 N–H and O–H groups in total. The van der Waals surface area contributed by atoms with E-state index in [-0.39, 0.29) is 11.9 Å². The number of carbonyl (C=O) groups is 1. The normalized spacial score (nSPS) is 22.2. The highest BCUT2D eigenvalue weighted by molar-refractivity contribution is 5.73. The van der Waals surface area contributed by atoms with Gasteiger partial charge in [-0.15, -0.1) is 0 Å². The lowest BCUT2D eigenvalue weighted by molar-refractivity contribution is -0.165. The summed E-state index contributed by atoms with van der Waals surface area (Å²) in [6.07, 6.45) is 3.71. The first-order chi connectivity index (χ1) is 14.1. The molecule has 6 heteroatoms. The predicted molar refractivity (Wildman–Crippen MR) is 110 cm³/mol. The molecule has 1 amide bonds. The monoisotopic (exact) mass is 391 g/mol. The van der Waals surface area contributed by atoms with Gasteiger partial charge in [-0.3, -0.25) is 4.79 Å². The smallest absolute Gasteiger partial charge is 0.219 e. The van der Waals surface area contributed by atoms with Crippen LogP contribution in [0.1, 0.15) is 36.9 Å². The number of methoxy groups -OCH3 is 1. The Morgan fingerprint density at radius 1 is 1.14 bits per heavy atom. The van der Waals surface area contributed by atoms with E-state index in [1.807, 2.05) is 35.2 Å². The number of rotatable bonds is 2. The number of hydrazine groups is 1. The lowest BCUT2D eigenvalue weighted by atomic mass is 9.92. The second kappa shape index (κ2) is 6.81. The van der Waals surface area contributed by atoms with Gasteiger partial charge < -0.3 is 19.8 Å². The standard InChI is InChI=1S/C23H25N3O3/c1-16(27)25-13-11-23(12-14-25)26-20(15-19(24-26)17-7-4-3-5-8-17)18-9-6-10-21(28-2)22(18)29-23/h3-10,15,20,24H,11-14H2,1-2H3. The number of ether oxygens (including phenoxy) is 2. The van der Waals surface area contributed by atoms with E-state index in [9.17, 15) is 4.79 Å². The van der Waals surface area contributed by atoms with Gasteiger partial charge in [0.05, 0.1) is 18.8 Å². The summed E-state index contributed by atoms with van der Waals surface area (Å²) in [5.41, 5.74) is 6.38. The highest BCUT2D eigenvalue weighted by Crippen LogP contribution is 2.51. The first-order valence-electron chi connectivity index (χ1n) is 10.1. The van der Waals surface area contributed by atoms with Crippen molar-refractivity contribution in [3.05, 3.63) is 65.7 Å². The van der Waals surface area contributed by atoms with Gasteiger partial charge in [-0.05, 0) is 17.7 Å². The van der Waals surface area contributed by atoms with Crippen molar-refractivity contribution >= 4 is 11.6 Å². The number of hydrogen-bond acceptors (Lipinski definition) is 5. The fourth-order valence-corrected chi connectivity index (χ4v) is 4.62. The van der Waals surface area contributed by atoms with Crippen LogP contribution in [-0.2, 0) is 4.79 Å². The van der Waals surface area contributed by atoms with Crippen molar-refractivity contribution in [2.75, 3.05) is 20.2 Å². The Hall–Kier alpha value is -2.99. The molecule has 2 aromatic carbocycles. The second-order valence-electron chi connectivity index (χ2n) is 7.81. The second-order valence-corrected chi connectivity index (χ2v) is 7.81. The largest absolute Gasteiger partial charge is 0.493 e. The van der Waals surface area contributed by atoms with Crippen LogP contribution < -0.4 is 14.9 Å². The molecule has 6 nitrogen and oxygen atoms in total. The van der Waals surface area contributed by atoms with Gasteiger partial charge in [0.15, 0.2) is 17.2 Å². The molecule has 2 aromatic rings. The Labute approximate surface area is 170 Å². The molecule has 1 atom stereocenters. The lowest BCUT2D eigenvalue weighted by Gasteiger charge is -2.51. The molecular weight excluding hydrogens is 366 g/mol. The Kier molecular flexibility index (Phi) is 4.24. The predicted octanol–water partition coefficient (Wildman–Crippen LogP) is 3.33. The number of nitrogens with zero attached hydrogens (tertiary/aromatic N) is 2. The third kappa shape index (κ3) is 2.86. The molecule has 1 unspecified atom stereocenters. The Morgan fingerprint density at radius 3 is 2.59 bits per heavy atom. The number of carbonyl (C=O) groups excluding carboxylic acids is 1. The van der Waals surface area contributed by atoms with Crippen LogP contribution >= 0.6 is 0 Å². The molecule has 29 heavy (non-hydrogen) atoms. The summed E-state index contributed by atoms with van der Waals surface area (Å²) < 4.78 is 12.3. The highest BCUT2D eigenvalue weighted by atomic mass is 16.5. The number of benzene rings is 2. The van der Waals surface area contributed by atoms with Gasteiger partial charge >= 0.3 is 0 Å². The maximum absolute atomic E-state index is 11.9. The summed E-state index contributed by atoms with van der Waals surface area (Å²) in [5, 5.41) is 2.23. The van der Waals surface area contributed by atoms with Crippen LogP contribution in [-0.4, -0.2) is 41.7 Å².